The van der Waals surface area contributed by atoms with E-state index in [4.69, 9.17) is 9.84 Å². The van der Waals surface area contributed by atoms with E-state index >= 15 is 0 Å². The quantitative estimate of drug-likeness (QED) is 0.858. The standard InChI is InChI=1S/C17H16FNO4/c1-11-2-7-15(14(8-11)17(21)22)23-10-16(20)19-9-12-3-5-13(18)6-4-12/h2-8H,9-10H2,1H3,(H,19,20)(H,21,22). The summed E-state index contributed by atoms with van der Waals surface area (Å²) in [5, 5.41) is 11.7. The molecule has 1 amide bonds. The van der Waals surface area contributed by atoms with E-state index in [-0.39, 0.29) is 30.3 Å². The van der Waals surface area contributed by atoms with Crippen LogP contribution in [0.15, 0.2) is 42.5 Å². The van der Waals surface area contributed by atoms with Gasteiger partial charge in [-0.05, 0) is 36.8 Å². The molecule has 2 aromatic rings. The maximum Gasteiger partial charge on any atom is 0.339 e. The van der Waals surface area contributed by atoms with Gasteiger partial charge in [0.25, 0.3) is 5.91 Å². The molecule has 2 N–H and O–H groups in total. The van der Waals surface area contributed by atoms with Crippen molar-refractivity contribution in [3.63, 3.8) is 0 Å². The number of rotatable bonds is 6. The summed E-state index contributed by atoms with van der Waals surface area (Å²) in [4.78, 5) is 22.9. The molecule has 0 saturated heterocycles. The molecule has 2 rings (SSSR count). The molecule has 5 nitrogen and oxygen atoms in total. The lowest BCUT2D eigenvalue weighted by Gasteiger charge is -2.10. The second kappa shape index (κ2) is 7.40. The summed E-state index contributed by atoms with van der Waals surface area (Å²) in [5.41, 5.74) is 1.55. The van der Waals surface area contributed by atoms with Crippen LogP contribution in [0.4, 0.5) is 4.39 Å². The van der Waals surface area contributed by atoms with Gasteiger partial charge in [0.05, 0.1) is 0 Å². The highest BCUT2D eigenvalue weighted by Gasteiger charge is 2.12. The topological polar surface area (TPSA) is 75.6 Å². The second-order valence-corrected chi connectivity index (χ2v) is 5.00. The molecular weight excluding hydrogens is 301 g/mol. The van der Waals surface area contributed by atoms with Crippen LogP contribution in [0.1, 0.15) is 21.5 Å². The maximum absolute atomic E-state index is 12.8. The van der Waals surface area contributed by atoms with E-state index in [0.717, 1.165) is 11.1 Å². The number of halogens is 1. The van der Waals surface area contributed by atoms with Crippen molar-refractivity contribution < 1.29 is 23.8 Å². The molecule has 23 heavy (non-hydrogen) atoms. The van der Waals surface area contributed by atoms with E-state index in [1.165, 1.54) is 24.3 Å². The molecule has 0 aliphatic carbocycles. The van der Waals surface area contributed by atoms with Crippen molar-refractivity contribution in [2.45, 2.75) is 13.5 Å². The van der Waals surface area contributed by atoms with Crippen LogP contribution in [-0.4, -0.2) is 23.6 Å². The van der Waals surface area contributed by atoms with Crippen LogP contribution < -0.4 is 10.1 Å². The largest absolute Gasteiger partial charge is 0.483 e. The predicted octanol–water partition coefficient (Wildman–Crippen LogP) is 2.53. The van der Waals surface area contributed by atoms with Gasteiger partial charge in [-0.25, -0.2) is 9.18 Å². The summed E-state index contributed by atoms with van der Waals surface area (Å²) in [5.74, 6) is -1.72. The Kier molecular flexibility index (Phi) is 5.30. The molecule has 0 aromatic heterocycles. The summed E-state index contributed by atoms with van der Waals surface area (Å²) in [6, 6.07) is 10.5. The number of carbonyl (C=O) groups excluding carboxylic acids is 1. The Morgan fingerprint density at radius 2 is 1.87 bits per heavy atom. The smallest absolute Gasteiger partial charge is 0.339 e. The molecule has 0 fully saturated rings. The highest BCUT2D eigenvalue weighted by atomic mass is 19.1. The molecule has 0 saturated carbocycles. The predicted molar refractivity (Wildman–Crippen MR) is 81.9 cm³/mol. The van der Waals surface area contributed by atoms with Crippen LogP contribution in [0.25, 0.3) is 0 Å². The lowest BCUT2D eigenvalue weighted by molar-refractivity contribution is -0.123. The molecule has 0 unspecified atom stereocenters. The minimum absolute atomic E-state index is 0.0105. The Labute approximate surface area is 132 Å². The lowest BCUT2D eigenvalue weighted by atomic mass is 10.1. The van der Waals surface area contributed by atoms with Crippen molar-refractivity contribution in [2.75, 3.05) is 6.61 Å². The first-order valence-corrected chi connectivity index (χ1v) is 6.93. The normalized spacial score (nSPS) is 10.2. The second-order valence-electron chi connectivity index (χ2n) is 5.00. The summed E-state index contributed by atoms with van der Waals surface area (Å²) in [6.45, 7) is 1.71. The van der Waals surface area contributed by atoms with Gasteiger partial charge in [-0.15, -0.1) is 0 Å². The summed E-state index contributed by atoms with van der Waals surface area (Å²) in [7, 11) is 0. The Hall–Kier alpha value is -2.89. The van der Waals surface area contributed by atoms with Gasteiger partial charge in [-0.3, -0.25) is 4.79 Å². The number of nitrogens with one attached hydrogen (secondary N) is 1. The van der Waals surface area contributed by atoms with E-state index in [9.17, 15) is 14.0 Å². The molecule has 0 aliphatic rings. The lowest BCUT2D eigenvalue weighted by Crippen LogP contribution is -2.28. The zero-order valence-electron chi connectivity index (χ0n) is 12.5. The molecule has 2 aromatic carbocycles. The summed E-state index contributed by atoms with van der Waals surface area (Å²) >= 11 is 0. The van der Waals surface area contributed by atoms with Crippen molar-refractivity contribution >= 4 is 11.9 Å². The van der Waals surface area contributed by atoms with E-state index in [0.29, 0.717) is 0 Å². The van der Waals surface area contributed by atoms with Gasteiger partial charge in [-0.1, -0.05) is 23.8 Å². The fraction of sp³-hybridized carbons (Fsp3) is 0.176. The highest BCUT2D eigenvalue weighted by molar-refractivity contribution is 5.91. The number of carbonyl (C=O) groups is 2. The molecule has 0 aliphatic heterocycles. The molecule has 0 bridgehead atoms. The molecule has 0 spiro atoms. The summed E-state index contributed by atoms with van der Waals surface area (Å²) < 4.78 is 18.0. The molecule has 120 valence electrons. The third-order valence-corrected chi connectivity index (χ3v) is 3.13. The SMILES string of the molecule is Cc1ccc(OCC(=O)NCc2ccc(F)cc2)c(C(=O)O)c1. The fourth-order valence-electron chi connectivity index (χ4n) is 1.93. The van der Waals surface area contributed by atoms with Crippen LogP contribution in [0.2, 0.25) is 0 Å². The Morgan fingerprint density at radius 1 is 1.17 bits per heavy atom. The Morgan fingerprint density at radius 3 is 2.52 bits per heavy atom. The number of carboxylic acids is 1. The van der Waals surface area contributed by atoms with Crippen molar-refractivity contribution in [3.8, 4) is 5.75 Å². The minimum Gasteiger partial charge on any atom is -0.483 e. The zero-order valence-corrected chi connectivity index (χ0v) is 12.5. The number of ether oxygens (including phenoxy) is 1. The van der Waals surface area contributed by atoms with Crippen molar-refractivity contribution in [1.82, 2.24) is 5.32 Å². The van der Waals surface area contributed by atoms with Crippen molar-refractivity contribution in [3.05, 3.63) is 65.0 Å². The van der Waals surface area contributed by atoms with Gasteiger partial charge in [0.15, 0.2) is 6.61 Å². The van der Waals surface area contributed by atoms with E-state index < -0.39 is 11.9 Å². The minimum atomic E-state index is -1.12. The first kappa shape index (κ1) is 16.5. The zero-order chi connectivity index (χ0) is 16.8. The molecule has 0 heterocycles. The average molecular weight is 317 g/mol. The monoisotopic (exact) mass is 317 g/mol. The Balaban J connectivity index is 1.89. The van der Waals surface area contributed by atoms with Gasteiger partial charge in [0.2, 0.25) is 0 Å². The van der Waals surface area contributed by atoms with Gasteiger partial charge in [0, 0.05) is 6.54 Å². The third-order valence-electron chi connectivity index (χ3n) is 3.13. The number of amides is 1. The molecule has 0 radical (unpaired) electrons. The third kappa shape index (κ3) is 4.81. The van der Waals surface area contributed by atoms with Crippen LogP contribution in [0.3, 0.4) is 0 Å². The van der Waals surface area contributed by atoms with Gasteiger partial charge in [-0.2, -0.15) is 0 Å². The number of hydrogen-bond acceptors (Lipinski definition) is 3. The Bertz CT molecular complexity index is 713. The first-order chi connectivity index (χ1) is 11.0. The molecule has 0 atom stereocenters. The van der Waals surface area contributed by atoms with Crippen LogP contribution >= 0.6 is 0 Å². The van der Waals surface area contributed by atoms with Crippen LogP contribution in [0.5, 0.6) is 5.75 Å². The summed E-state index contributed by atoms with van der Waals surface area (Å²) in [6.07, 6.45) is 0. The van der Waals surface area contributed by atoms with Crippen LogP contribution in [-0.2, 0) is 11.3 Å². The first-order valence-electron chi connectivity index (χ1n) is 6.93. The van der Waals surface area contributed by atoms with Gasteiger partial charge < -0.3 is 15.2 Å². The van der Waals surface area contributed by atoms with Gasteiger partial charge in [0.1, 0.15) is 17.1 Å². The average Bonchev–Trinajstić information content (AvgIpc) is 2.53. The maximum atomic E-state index is 12.8. The number of carboxylic acid groups (broad SMARTS) is 1. The van der Waals surface area contributed by atoms with Gasteiger partial charge >= 0.3 is 5.97 Å². The number of aryl methyl sites for hydroxylation is 1. The highest BCUT2D eigenvalue weighted by Crippen LogP contribution is 2.19. The number of benzene rings is 2. The van der Waals surface area contributed by atoms with E-state index in [2.05, 4.69) is 5.32 Å². The fourth-order valence-corrected chi connectivity index (χ4v) is 1.93. The van der Waals surface area contributed by atoms with Crippen molar-refractivity contribution in [1.29, 1.82) is 0 Å². The number of aromatic carboxylic acids is 1. The van der Waals surface area contributed by atoms with E-state index in [1.54, 1.807) is 25.1 Å². The molecule has 6 heteroatoms. The van der Waals surface area contributed by atoms with Crippen LogP contribution in [0, 0.1) is 12.7 Å². The van der Waals surface area contributed by atoms with E-state index in [1.807, 2.05) is 0 Å². The molecular formula is C17H16FNO4. The van der Waals surface area contributed by atoms with Crippen molar-refractivity contribution in [2.24, 2.45) is 0 Å². The number of hydrogen-bond donors (Lipinski definition) is 2.